The number of fused-ring (bicyclic) bond motifs is 6. The second-order valence-electron chi connectivity index (χ2n) is 19.6. The molecule has 14 rings (SSSR count). The Morgan fingerprint density at radius 2 is 0.513 bits per heavy atom. The molecule has 3 heterocycles. The maximum absolute atomic E-state index is 5.87. The van der Waals surface area contributed by atoms with Crippen molar-refractivity contribution in [2.24, 2.45) is 0 Å². The zero-order valence-electron chi connectivity index (χ0n) is 41.7. The SMILES string of the molecule is c1ccc([Si](c2ccccc2)(c2ccccc2)c2cc(-c3cc(-n4c5ccccc5c5ccccc54)nc(-n4c5ccccc5c5ccccc54)n3)cc([Si](c3ccccc3)(c3ccccc3)c3ccccc3)c2)cc1. The average molecular weight is 1000 g/mol. The maximum atomic E-state index is 5.87. The highest BCUT2D eigenvalue weighted by Gasteiger charge is 2.46. The first-order valence-electron chi connectivity index (χ1n) is 26.1. The van der Waals surface area contributed by atoms with Crippen LogP contribution in [0.4, 0.5) is 0 Å². The smallest absolute Gasteiger partial charge is 0.237 e. The molecule has 0 saturated carbocycles. The van der Waals surface area contributed by atoms with Crippen molar-refractivity contribution in [3.8, 4) is 23.0 Å². The zero-order chi connectivity index (χ0) is 50.5. The maximum Gasteiger partial charge on any atom is 0.237 e. The van der Waals surface area contributed by atoms with Gasteiger partial charge in [0.05, 0.1) is 27.8 Å². The van der Waals surface area contributed by atoms with Gasteiger partial charge in [-0.3, -0.25) is 9.13 Å². The van der Waals surface area contributed by atoms with Crippen LogP contribution in [0.5, 0.6) is 0 Å². The summed E-state index contributed by atoms with van der Waals surface area (Å²) in [7, 11) is -6.37. The average Bonchev–Trinajstić information content (AvgIpc) is 4.06. The Morgan fingerprint density at radius 3 is 0.829 bits per heavy atom. The molecule has 0 aliphatic heterocycles. The quantitative estimate of drug-likeness (QED) is 0.0956. The summed E-state index contributed by atoms with van der Waals surface area (Å²) in [6.45, 7) is 0. The first-order chi connectivity index (χ1) is 37.7. The highest BCUT2D eigenvalue weighted by molar-refractivity contribution is 7.22. The van der Waals surface area contributed by atoms with Crippen LogP contribution < -0.4 is 41.5 Å². The van der Waals surface area contributed by atoms with Gasteiger partial charge in [-0.1, -0.05) is 273 Å². The van der Waals surface area contributed by atoms with E-state index in [1.54, 1.807) is 0 Å². The lowest BCUT2D eigenvalue weighted by Crippen LogP contribution is -2.78. The van der Waals surface area contributed by atoms with Gasteiger partial charge in [0.15, 0.2) is 16.1 Å². The number of rotatable bonds is 11. The molecule has 0 bridgehead atoms. The van der Waals surface area contributed by atoms with Gasteiger partial charge in [0.1, 0.15) is 5.82 Å². The van der Waals surface area contributed by atoms with E-state index in [4.69, 9.17) is 9.97 Å². The van der Waals surface area contributed by atoms with Crippen LogP contribution >= 0.6 is 0 Å². The predicted octanol–water partition coefficient (Wildman–Crippen LogP) is 11.1. The van der Waals surface area contributed by atoms with Crippen LogP contribution in [-0.4, -0.2) is 35.2 Å². The van der Waals surface area contributed by atoms with Gasteiger partial charge < -0.3 is 0 Å². The molecule has 11 aromatic carbocycles. The summed E-state index contributed by atoms with van der Waals surface area (Å²) in [6.07, 6.45) is 0. The topological polar surface area (TPSA) is 35.6 Å². The van der Waals surface area contributed by atoms with Crippen LogP contribution in [0.15, 0.2) is 303 Å². The highest BCUT2D eigenvalue weighted by atomic mass is 28.3. The minimum atomic E-state index is -3.19. The molecule has 14 aromatic rings. The second kappa shape index (κ2) is 18.8. The Balaban J connectivity index is 1.18. The minimum absolute atomic E-state index is 0.606. The molecule has 4 nitrogen and oxygen atoms in total. The van der Waals surface area contributed by atoms with E-state index in [1.807, 2.05) is 0 Å². The Bertz CT molecular complexity index is 3810. The van der Waals surface area contributed by atoms with E-state index in [9.17, 15) is 0 Å². The lowest BCUT2D eigenvalue weighted by Gasteiger charge is -2.38. The van der Waals surface area contributed by atoms with Crippen molar-refractivity contribution >= 4 is 101 Å². The van der Waals surface area contributed by atoms with Crippen molar-refractivity contribution in [2.45, 2.75) is 0 Å². The molecular formula is C70H50N4Si2. The standard InChI is InChI=1S/C70H50N4Si2/c1-7-27-52(28-8-1)75(53-29-9-2-10-30-53,54-31-11-3-12-32-54)58-47-51(48-59(49-58)76(55-33-13-4-14-34-55,56-35-15-5-16-36-56)57-37-17-6-18-38-57)64-50-69(73-65-43-23-19-39-60(65)61-40-20-24-44-66(61)73)72-70(71-64)74-67-45-25-21-41-62(67)63-42-22-26-46-68(63)74/h1-50H. The van der Waals surface area contributed by atoms with E-state index in [2.05, 4.69) is 312 Å². The van der Waals surface area contributed by atoms with Crippen molar-refractivity contribution < 1.29 is 0 Å². The first kappa shape index (κ1) is 45.2. The lowest BCUT2D eigenvalue weighted by atomic mass is 10.1. The van der Waals surface area contributed by atoms with E-state index >= 15 is 0 Å². The molecule has 0 unspecified atom stereocenters. The monoisotopic (exact) mass is 1000 g/mol. The van der Waals surface area contributed by atoms with E-state index < -0.39 is 16.1 Å². The Kier molecular flexibility index (Phi) is 11.2. The second-order valence-corrected chi connectivity index (χ2v) is 27.3. The fourth-order valence-electron chi connectivity index (χ4n) is 12.4. The number of aromatic nitrogens is 4. The number of hydrogen-bond donors (Lipinski definition) is 0. The minimum Gasteiger partial charge on any atom is -0.294 e. The molecule has 6 heteroatoms. The van der Waals surface area contributed by atoms with Crippen LogP contribution in [0.3, 0.4) is 0 Å². The van der Waals surface area contributed by atoms with Crippen molar-refractivity contribution in [2.75, 3.05) is 0 Å². The third kappa shape index (κ3) is 7.18. The molecule has 358 valence electrons. The van der Waals surface area contributed by atoms with Gasteiger partial charge in [0.25, 0.3) is 0 Å². The molecule has 0 N–H and O–H groups in total. The van der Waals surface area contributed by atoms with Crippen LogP contribution in [0.2, 0.25) is 0 Å². The predicted molar refractivity (Wildman–Crippen MR) is 323 cm³/mol. The summed E-state index contributed by atoms with van der Waals surface area (Å²) < 4.78 is 4.61. The van der Waals surface area contributed by atoms with Gasteiger partial charge in [0, 0.05) is 33.2 Å². The van der Waals surface area contributed by atoms with E-state index in [1.165, 1.54) is 52.3 Å². The summed E-state index contributed by atoms with van der Waals surface area (Å²) in [5.41, 5.74) is 6.14. The third-order valence-electron chi connectivity index (χ3n) is 15.6. The lowest BCUT2D eigenvalue weighted by molar-refractivity contribution is 0.952. The summed E-state index contributed by atoms with van der Waals surface area (Å²) in [5, 5.41) is 15.1. The third-order valence-corrected chi connectivity index (χ3v) is 25.1. The van der Waals surface area contributed by atoms with Crippen molar-refractivity contribution in [1.82, 2.24) is 19.1 Å². The summed E-state index contributed by atoms with van der Waals surface area (Å²) in [5.74, 6) is 1.40. The molecule has 0 aliphatic rings. The fourth-order valence-corrected chi connectivity index (χ4v) is 22.2. The number of nitrogens with zero attached hydrogens (tertiary/aromatic N) is 4. The van der Waals surface area contributed by atoms with Crippen molar-refractivity contribution in [1.29, 1.82) is 0 Å². The van der Waals surface area contributed by atoms with Crippen LogP contribution in [0.25, 0.3) is 66.6 Å². The largest absolute Gasteiger partial charge is 0.294 e. The summed E-state index contributed by atoms with van der Waals surface area (Å²) >= 11 is 0. The van der Waals surface area contributed by atoms with Crippen LogP contribution in [0, 0.1) is 0 Å². The highest BCUT2D eigenvalue weighted by Crippen LogP contribution is 2.35. The first-order valence-corrected chi connectivity index (χ1v) is 30.1. The number of benzene rings is 11. The molecule has 0 saturated heterocycles. The van der Waals surface area contributed by atoms with Crippen LogP contribution in [-0.2, 0) is 0 Å². The van der Waals surface area contributed by atoms with Gasteiger partial charge in [-0.15, -0.1) is 0 Å². The molecular weight excluding hydrogens is 953 g/mol. The van der Waals surface area contributed by atoms with E-state index in [-0.39, 0.29) is 0 Å². The van der Waals surface area contributed by atoms with E-state index in [0.717, 1.165) is 49.9 Å². The molecule has 0 spiro atoms. The molecule has 0 radical (unpaired) electrons. The molecule has 0 aliphatic carbocycles. The number of para-hydroxylation sites is 4. The molecule has 0 amide bonds. The van der Waals surface area contributed by atoms with E-state index in [0.29, 0.717) is 5.95 Å². The van der Waals surface area contributed by atoms with Gasteiger partial charge in [-0.25, -0.2) is 4.98 Å². The molecule has 0 atom stereocenters. The molecule has 3 aromatic heterocycles. The Hall–Kier alpha value is -9.47. The fraction of sp³-hybridized carbons (Fsp3) is 0. The van der Waals surface area contributed by atoms with Crippen molar-refractivity contribution in [3.63, 3.8) is 0 Å². The summed E-state index contributed by atoms with van der Waals surface area (Å²) in [6, 6.07) is 112. The van der Waals surface area contributed by atoms with Gasteiger partial charge in [0.2, 0.25) is 5.95 Å². The Labute approximate surface area is 444 Å². The Morgan fingerprint density at radius 1 is 0.237 bits per heavy atom. The summed E-state index contributed by atoms with van der Waals surface area (Å²) in [4.78, 5) is 11.6. The molecule has 76 heavy (non-hydrogen) atoms. The molecule has 0 fully saturated rings. The zero-order valence-corrected chi connectivity index (χ0v) is 43.7. The normalized spacial score (nSPS) is 11.9. The van der Waals surface area contributed by atoms with Gasteiger partial charge in [-0.05, 0) is 65.8 Å². The van der Waals surface area contributed by atoms with Gasteiger partial charge >= 0.3 is 0 Å². The van der Waals surface area contributed by atoms with Crippen molar-refractivity contribution in [3.05, 3.63) is 303 Å². The van der Waals surface area contributed by atoms with Crippen LogP contribution in [0.1, 0.15) is 0 Å². The van der Waals surface area contributed by atoms with Gasteiger partial charge in [-0.2, -0.15) is 4.98 Å². The number of hydrogen-bond acceptors (Lipinski definition) is 2.